The summed E-state index contributed by atoms with van der Waals surface area (Å²) in [6.45, 7) is 5.41. The van der Waals surface area contributed by atoms with E-state index in [0.717, 1.165) is 13.0 Å². The second kappa shape index (κ2) is 2.81. The number of rotatable bonds is 2. The van der Waals surface area contributed by atoms with Gasteiger partial charge in [-0.3, -0.25) is 4.79 Å². The fourth-order valence-electron chi connectivity index (χ4n) is 1.63. The highest BCUT2D eigenvalue weighted by Crippen LogP contribution is 2.33. The lowest BCUT2D eigenvalue weighted by Crippen LogP contribution is -2.38. The molecule has 0 aromatic rings. The molecule has 2 N–H and O–H groups in total. The first-order valence-electron chi connectivity index (χ1n) is 4.04. The second-order valence-electron chi connectivity index (χ2n) is 3.54. The average molecular weight is 157 g/mol. The van der Waals surface area contributed by atoms with Crippen LogP contribution in [0.1, 0.15) is 20.3 Å². The highest BCUT2D eigenvalue weighted by atomic mass is 16.4. The van der Waals surface area contributed by atoms with E-state index >= 15 is 0 Å². The SMILES string of the molecule is CC(C)C1(C(=O)O)CCNC1. The van der Waals surface area contributed by atoms with Crippen LogP contribution in [0.15, 0.2) is 0 Å². The van der Waals surface area contributed by atoms with Crippen LogP contribution in [0.25, 0.3) is 0 Å². The molecule has 0 amide bonds. The van der Waals surface area contributed by atoms with E-state index in [9.17, 15) is 4.79 Å². The number of aliphatic carboxylic acids is 1. The summed E-state index contributed by atoms with van der Waals surface area (Å²) in [5.74, 6) is -0.438. The van der Waals surface area contributed by atoms with Crippen molar-refractivity contribution in [2.24, 2.45) is 11.3 Å². The predicted octanol–water partition coefficient (Wildman–Crippen LogP) is 0.707. The third kappa shape index (κ3) is 1.25. The number of carboxylic acid groups (broad SMARTS) is 1. The summed E-state index contributed by atoms with van der Waals surface area (Å²) >= 11 is 0. The number of hydrogen-bond acceptors (Lipinski definition) is 2. The smallest absolute Gasteiger partial charge is 0.311 e. The molecule has 0 aromatic carbocycles. The summed E-state index contributed by atoms with van der Waals surface area (Å²) < 4.78 is 0. The Morgan fingerprint density at radius 2 is 2.27 bits per heavy atom. The number of nitrogens with one attached hydrogen (secondary N) is 1. The highest BCUT2D eigenvalue weighted by Gasteiger charge is 2.43. The molecule has 1 aliphatic heterocycles. The molecule has 0 bridgehead atoms. The van der Waals surface area contributed by atoms with E-state index in [4.69, 9.17) is 5.11 Å². The van der Waals surface area contributed by atoms with Gasteiger partial charge in [0.25, 0.3) is 0 Å². The molecular weight excluding hydrogens is 142 g/mol. The van der Waals surface area contributed by atoms with Gasteiger partial charge in [-0.1, -0.05) is 13.8 Å². The van der Waals surface area contributed by atoms with Crippen LogP contribution in [0.4, 0.5) is 0 Å². The van der Waals surface area contributed by atoms with Gasteiger partial charge in [-0.2, -0.15) is 0 Å². The standard InChI is InChI=1S/C8H15NO2/c1-6(2)8(7(10)11)3-4-9-5-8/h6,9H,3-5H2,1-2H3,(H,10,11). The summed E-state index contributed by atoms with van der Waals surface area (Å²) in [4.78, 5) is 10.9. The van der Waals surface area contributed by atoms with Crippen molar-refractivity contribution in [1.82, 2.24) is 5.32 Å². The molecule has 0 spiro atoms. The van der Waals surface area contributed by atoms with Crippen molar-refractivity contribution < 1.29 is 9.90 Å². The first-order chi connectivity index (χ1) is 5.09. The van der Waals surface area contributed by atoms with Crippen molar-refractivity contribution in [2.45, 2.75) is 20.3 Å². The maximum absolute atomic E-state index is 10.9. The van der Waals surface area contributed by atoms with Crippen LogP contribution in [0.5, 0.6) is 0 Å². The average Bonchev–Trinajstić information content (AvgIpc) is 2.34. The van der Waals surface area contributed by atoms with Gasteiger partial charge in [0.1, 0.15) is 0 Å². The summed E-state index contributed by atoms with van der Waals surface area (Å²) in [6, 6.07) is 0. The summed E-state index contributed by atoms with van der Waals surface area (Å²) in [7, 11) is 0. The maximum Gasteiger partial charge on any atom is 0.311 e. The van der Waals surface area contributed by atoms with E-state index in [0.29, 0.717) is 6.54 Å². The van der Waals surface area contributed by atoms with Crippen molar-refractivity contribution in [1.29, 1.82) is 0 Å². The van der Waals surface area contributed by atoms with Gasteiger partial charge in [-0.05, 0) is 18.9 Å². The molecule has 1 rings (SSSR count). The molecule has 11 heavy (non-hydrogen) atoms. The van der Waals surface area contributed by atoms with E-state index in [1.165, 1.54) is 0 Å². The van der Waals surface area contributed by atoms with Crippen LogP contribution in [0.3, 0.4) is 0 Å². The van der Waals surface area contributed by atoms with Gasteiger partial charge < -0.3 is 10.4 Å². The Morgan fingerprint density at radius 1 is 1.64 bits per heavy atom. The van der Waals surface area contributed by atoms with E-state index in [1.54, 1.807) is 0 Å². The van der Waals surface area contributed by atoms with Gasteiger partial charge in [0.05, 0.1) is 5.41 Å². The predicted molar refractivity (Wildman–Crippen MR) is 42.4 cm³/mol. The molecule has 0 aromatic heterocycles. The van der Waals surface area contributed by atoms with Crippen molar-refractivity contribution in [2.75, 3.05) is 13.1 Å². The fourth-order valence-corrected chi connectivity index (χ4v) is 1.63. The quantitative estimate of drug-likeness (QED) is 0.620. The molecule has 0 aliphatic carbocycles. The van der Waals surface area contributed by atoms with Crippen LogP contribution in [0, 0.1) is 11.3 Å². The van der Waals surface area contributed by atoms with Gasteiger partial charge in [0.15, 0.2) is 0 Å². The van der Waals surface area contributed by atoms with E-state index in [-0.39, 0.29) is 5.92 Å². The van der Waals surface area contributed by atoms with Crippen LogP contribution in [0.2, 0.25) is 0 Å². The molecule has 3 heteroatoms. The number of carboxylic acids is 1. The third-order valence-corrected chi connectivity index (χ3v) is 2.72. The fraction of sp³-hybridized carbons (Fsp3) is 0.875. The minimum Gasteiger partial charge on any atom is -0.481 e. The largest absolute Gasteiger partial charge is 0.481 e. The van der Waals surface area contributed by atoms with Gasteiger partial charge in [-0.25, -0.2) is 0 Å². The lowest BCUT2D eigenvalue weighted by molar-refractivity contribution is -0.150. The van der Waals surface area contributed by atoms with Gasteiger partial charge in [0, 0.05) is 6.54 Å². The zero-order valence-electron chi connectivity index (χ0n) is 7.05. The van der Waals surface area contributed by atoms with E-state index in [1.807, 2.05) is 13.8 Å². The zero-order chi connectivity index (χ0) is 8.48. The molecule has 0 saturated carbocycles. The number of carbonyl (C=O) groups is 1. The first-order valence-corrected chi connectivity index (χ1v) is 4.04. The van der Waals surface area contributed by atoms with Crippen LogP contribution in [-0.2, 0) is 4.79 Å². The summed E-state index contributed by atoms with van der Waals surface area (Å²) in [5, 5.41) is 12.1. The van der Waals surface area contributed by atoms with Gasteiger partial charge in [-0.15, -0.1) is 0 Å². The first kappa shape index (κ1) is 8.53. The van der Waals surface area contributed by atoms with Gasteiger partial charge >= 0.3 is 5.97 Å². The molecule has 1 aliphatic rings. The van der Waals surface area contributed by atoms with Crippen LogP contribution in [-0.4, -0.2) is 24.2 Å². The van der Waals surface area contributed by atoms with Crippen LogP contribution >= 0.6 is 0 Å². The topological polar surface area (TPSA) is 49.3 Å². The Kier molecular flexibility index (Phi) is 2.18. The highest BCUT2D eigenvalue weighted by molar-refractivity contribution is 5.75. The van der Waals surface area contributed by atoms with Crippen LogP contribution < -0.4 is 5.32 Å². The molecule has 0 radical (unpaired) electrons. The van der Waals surface area contributed by atoms with Crippen molar-refractivity contribution in [3.8, 4) is 0 Å². The molecule has 1 fully saturated rings. The molecule has 1 atom stereocenters. The lowest BCUT2D eigenvalue weighted by Gasteiger charge is -2.27. The Morgan fingerprint density at radius 3 is 2.45 bits per heavy atom. The lowest BCUT2D eigenvalue weighted by atomic mass is 9.77. The minimum absolute atomic E-state index is 0.218. The maximum atomic E-state index is 10.9. The second-order valence-corrected chi connectivity index (χ2v) is 3.54. The van der Waals surface area contributed by atoms with Crippen molar-refractivity contribution >= 4 is 5.97 Å². The number of hydrogen-bond donors (Lipinski definition) is 2. The van der Waals surface area contributed by atoms with Gasteiger partial charge in [0.2, 0.25) is 0 Å². The Hall–Kier alpha value is -0.570. The van der Waals surface area contributed by atoms with Crippen molar-refractivity contribution in [3.05, 3.63) is 0 Å². The Bertz CT molecular complexity index is 159. The molecule has 1 unspecified atom stereocenters. The molecule has 3 nitrogen and oxygen atoms in total. The molecule has 1 heterocycles. The van der Waals surface area contributed by atoms with E-state index < -0.39 is 11.4 Å². The summed E-state index contributed by atoms with van der Waals surface area (Å²) in [6.07, 6.45) is 0.764. The third-order valence-electron chi connectivity index (χ3n) is 2.72. The zero-order valence-corrected chi connectivity index (χ0v) is 7.05. The molecular formula is C8H15NO2. The molecule has 64 valence electrons. The van der Waals surface area contributed by atoms with E-state index in [2.05, 4.69) is 5.32 Å². The minimum atomic E-state index is -0.655. The normalized spacial score (nSPS) is 31.2. The monoisotopic (exact) mass is 157 g/mol. The Labute approximate surface area is 66.8 Å². The summed E-state index contributed by atoms with van der Waals surface area (Å²) in [5.41, 5.74) is -0.500. The molecule has 1 saturated heterocycles. The van der Waals surface area contributed by atoms with Crippen molar-refractivity contribution in [3.63, 3.8) is 0 Å². The Balaban J connectivity index is 2.79.